The molecule has 1 aliphatic heterocycles. The topological polar surface area (TPSA) is 56.3 Å². The van der Waals surface area contributed by atoms with Gasteiger partial charge in [0.25, 0.3) is 0 Å². The summed E-state index contributed by atoms with van der Waals surface area (Å²) in [5.74, 6) is 0.196. The molecule has 1 aliphatic carbocycles. The summed E-state index contributed by atoms with van der Waals surface area (Å²) in [6, 6.07) is 8.21. The van der Waals surface area contributed by atoms with Crippen molar-refractivity contribution in [1.29, 1.82) is 0 Å². The van der Waals surface area contributed by atoms with Crippen LogP contribution in [0.15, 0.2) is 30.5 Å². The molecule has 1 aromatic carbocycles. The van der Waals surface area contributed by atoms with E-state index >= 15 is 0 Å². The molecule has 1 saturated carbocycles. The van der Waals surface area contributed by atoms with Gasteiger partial charge in [0, 0.05) is 30.2 Å². The Morgan fingerprint density at radius 3 is 3.00 bits per heavy atom. The van der Waals surface area contributed by atoms with E-state index in [2.05, 4.69) is 11.1 Å². The summed E-state index contributed by atoms with van der Waals surface area (Å²) in [6.45, 7) is 1.57. The molecule has 2 aromatic rings. The molecule has 1 spiro atoms. The van der Waals surface area contributed by atoms with Crippen LogP contribution in [0.5, 0.6) is 0 Å². The zero-order chi connectivity index (χ0) is 16.6. The maximum Gasteiger partial charge on any atom is 0.227 e. The number of nitrogens with one attached hydrogen (secondary N) is 1. The van der Waals surface area contributed by atoms with E-state index in [1.807, 2.05) is 29.3 Å². The fraction of sp³-hybridized carbons (Fsp3) is 0.550. The third-order valence-electron chi connectivity index (χ3n) is 6.04. The molecule has 2 aliphatic rings. The van der Waals surface area contributed by atoms with E-state index in [1.165, 1.54) is 6.42 Å². The van der Waals surface area contributed by atoms with Gasteiger partial charge in [-0.25, -0.2) is 0 Å². The highest BCUT2D eigenvalue weighted by Gasteiger charge is 2.43. The van der Waals surface area contributed by atoms with Crippen LogP contribution in [0.1, 0.15) is 44.1 Å². The Morgan fingerprint density at radius 2 is 2.12 bits per heavy atom. The Morgan fingerprint density at radius 1 is 1.25 bits per heavy atom. The normalized spacial score (nSPS) is 27.7. The van der Waals surface area contributed by atoms with Crippen LogP contribution < -0.4 is 0 Å². The number of carbonyl (C=O) groups is 1. The smallest absolute Gasteiger partial charge is 0.227 e. The third kappa shape index (κ3) is 2.84. The molecule has 128 valence electrons. The molecule has 4 nitrogen and oxygen atoms in total. The summed E-state index contributed by atoms with van der Waals surface area (Å²) in [6.07, 6.45) is 8.48. The first kappa shape index (κ1) is 15.7. The van der Waals surface area contributed by atoms with E-state index < -0.39 is 0 Å². The largest absolute Gasteiger partial charge is 0.392 e. The predicted molar refractivity (Wildman–Crippen MR) is 94.7 cm³/mol. The SMILES string of the molecule is O=C(Cc1ccc2[nH]ccc2c1)N1CCCC2(CCCCC2O)C1. The minimum Gasteiger partial charge on any atom is -0.392 e. The van der Waals surface area contributed by atoms with Crippen molar-refractivity contribution in [3.8, 4) is 0 Å². The Kier molecular flexibility index (Phi) is 4.09. The summed E-state index contributed by atoms with van der Waals surface area (Å²) in [5, 5.41) is 11.7. The lowest BCUT2D eigenvalue weighted by molar-refractivity contribution is -0.138. The van der Waals surface area contributed by atoms with Gasteiger partial charge < -0.3 is 15.0 Å². The first-order chi connectivity index (χ1) is 11.7. The number of aliphatic hydroxyl groups is 1. The van der Waals surface area contributed by atoms with E-state index in [-0.39, 0.29) is 17.4 Å². The van der Waals surface area contributed by atoms with Crippen LogP contribution in [0.25, 0.3) is 10.9 Å². The molecule has 2 heterocycles. The van der Waals surface area contributed by atoms with E-state index in [9.17, 15) is 9.90 Å². The number of benzene rings is 1. The van der Waals surface area contributed by atoms with Gasteiger partial charge in [-0.05, 0) is 54.8 Å². The molecule has 2 fully saturated rings. The number of nitrogens with zero attached hydrogens (tertiary/aromatic N) is 1. The van der Waals surface area contributed by atoms with Crippen LogP contribution in [0.4, 0.5) is 0 Å². The van der Waals surface area contributed by atoms with Gasteiger partial charge in [0.05, 0.1) is 12.5 Å². The fourth-order valence-electron chi connectivity index (χ4n) is 4.64. The van der Waals surface area contributed by atoms with Crippen molar-refractivity contribution in [2.75, 3.05) is 13.1 Å². The number of carbonyl (C=O) groups excluding carboxylic acids is 1. The second-order valence-electron chi connectivity index (χ2n) is 7.62. The molecule has 4 heteroatoms. The van der Waals surface area contributed by atoms with Crippen LogP contribution in [0.3, 0.4) is 0 Å². The van der Waals surface area contributed by atoms with Gasteiger partial charge in [-0.15, -0.1) is 0 Å². The van der Waals surface area contributed by atoms with Crippen LogP contribution in [0, 0.1) is 5.41 Å². The Bertz CT molecular complexity index is 734. The van der Waals surface area contributed by atoms with Crippen LogP contribution in [-0.4, -0.2) is 40.1 Å². The second-order valence-corrected chi connectivity index (χ2v) is 7.62. The molecule has 2 N–H and O–H groups in total. The molecule has 4 rings (SSSR count). The van der Waals surface area contributed by atoms with Crippen molar-refractivity contribution in [3.05, 3.63) is 36.0 Å². The highest BCUT2D eigenvalue weighted by atomic mass is 16.3. The number of fused-ring (bicyclic) bond motifs is 1. The van der Waals surface area contributed by atoms with Crippen molar-refractivity contribution in [2.45, 2.75) is 51.0 Å². The second kappa shape index (κ2) is 6.25. The highest BCUT2D eigenvalue weighted by molar-refractivity contribution is 5.83. The molecule has 1 aromatic heterocycles. The summed E-state index contributed by atoms with van der Waals surface area (Å²) in [4.78, 5) is 18.0. The molecule has 1 saturated heterocycles. The van der Waals surface area contributed by atoms with E-state index in [0.717, 1.165) is 61.7 Å². The minimum absolute atomic E-state index is 0.0449. The number of H-pyrrole nitrogens is 1. The van der Waals surface area contributed by atoms with Crippen LogP contribution in [0.2, 0.25) is 0 Å². The number of likely N-dealkylation sites (tertiary alicyclic amines) is 1. The maximum atomic E-state index is 12.8. The van der Waals surface area contributed by atoms with Crippen LogP contribution >= 0.6 is 0 Å². The van der Waals surface area contributed by atoms with Gasteiger partial charge in [0.1, 0.15) is 0 Å². The van der Waals surface area contributed by atoms with Crippen molar-refractivity contribution in [3.63, 3.8) is 0 Å². The Hall–Kier alpha value is -1.81. The average molecular weight is 326 g/mol. The van der Waals surface area contributed by atoms with Gasteiger partial charge in [0.2, 0.25) is 5.91 Å². The number of hydrogen-bond donors (Lipinski definition) is 2. The predicted octanol–water partition coefficient (Wildman–Crippen LogP) is 3.25. The number of piperidine rings is 1. The Labute approximate surface area is 142 Å². The zero-order valence-corrected chi connectivity index (χ0v) is 14.1. The summed E-state index contributed by atoms with van der Waals surface area (Å²) in [7, 11) is 0. The van der Waals surface area contributed by atoms with Crippen molar-refractivity contribution in [2.24, 2.45) is 5.41 Å². The number of aromatic amines is 1. The maximum absolute atomic E-state index is 12.8. The lowest BCUT2D eigenvalue weighted by atomic mass is 9.67. The molecular formula is C20H26N2O2. The first-order valence-corrected chi connectivity index (χ1v) is 9.18. The molecular weight excluding hydrogens is 300 g/mol. The van der Waals surface area contributed by atoms with Gasteiger partial charge >= 0.3 is 0 Å². The lowest BCUT2D eigenvalue weighted by Gasteiger charge is -2.48. The third-order valence-corrected chi connectivity index (χ3v) is 6.04. The van der Waals surface area contributed by atoms with Crippen LogP contribution in [-0.2, 0) is 11.2 Å². The summed E-state index contributed by atoms with van der Waals surface area (Å²) < 4.78 is 0. The van der Waals surface area contributed by atoms with Crippen molar-refractivity contribution < 1.29 is 9.90 Å². The number of rotatable bonds is 2. The first-order valence-electron chi connectivity index (χ1n) is 9.18. The zero-order valence-electron chi connectivity index (χ0n) is 14.1. The number of aliphatic hydroxyl groups excluding tert-OH is 1. The summed E-state index contributed by atoms with van der Waals surface area (Å²) >= 11 is 0. The van der Waals surface area contributed by atoms with E-state index in [0.29, 0.717) is 6.42 Å². The molecule has 2 unspecified atom stereocenters. The highest BCUT2D eigenvalue weighted by Crippen LogP contribution is 2.43. The monoisotopic (exact) mass is 326 g/mol. The molecule has 0 radical (unpaired) electrons. The summed E-state index contributed by atoms with van der Waals surface area (Å²) in [5.41, 5.74) is 2.13. The molecule has 2 atom stereocenters. The lowest BCUT2D eigenvalue weighted by Crippen LogP contribution is -2.52. The van der Waals surface area contributed by atoms with Crippen molar-refractivity contribution >= 4 is 16.8 Å². The molecule has 24 heavy (non-hydrogen) atoms. The number of aromatic nitrogens is 1. The van der Waals surface area contributed by atoms with E-state index in [1.54, 1.807) is 0 Å². The van der Waals surface area contributed by atoms with Gasteiger partial charge in [-0.2, -0.15) is 0 Å². The number of amides is 1. The number of hydrogen-bond acceptors (Lipinski definition) is 2. The molecule has 0 bridgehead atoms. The average Bonchev–Trinajstić information content (AvgIpc) is 3.06. The van der Waals surface area contributed by atoms with E-state index in [4.69, 9.17) is 0 Å². The Balaban J connectivity index is 1.47. The molecule has 1 amide bonds. The van der Waals surface area contributed by atoms with Gasteiger partial charge in [-0.1, -0.05) is 18.9 Å². The van der Waals surface area contributed by atoms with Gasteiger partial charge in [0.15, 0.2) is 0 Å². The van der Waals surface area contributed by atoms with Gasteiger partial charge in [-0.3, -0.25) is 4.79 Å². The van der Waals surface area contributed by atoms with Crippen molar-refractivity contribution in [1.82, 2.24) is 9.88 Å². The standard InChI is InChI=1S/C20H26N2O2/c23-18-4-1-2-8-20(18)9-3-11-22(14-20)19(24)13-15-5-6-17-16(12-15)7-10-21-17/h5-7,10,12,18,21,23H,1-4,8-9,11,13-14H2. The quantitative estimate of drug-likeness (QED) is 0.890. The minimum atomic E-state index is -0.238. The fourth-order valence-corrected chi connectivity index (χ4v) is 4.64.